The van der Waals surface area contributed by atoms with Gasteiger partial charge < -0.3 is 16.0 Å². The molecule has 0 spiro atoms. The van der Waals surface area contributed by atoms with Crippen molar-refractivity contribution < 1.29 is 9.59 Å². The summed E-state index contributed by atoms with van der Waals surface area (Å²) < 4.78 is 0. The fourth-order valence-corrected chi connectivity index (χ4v) is 2.69. The van der Waals surface area contributed by atoms with Gasteiger partial charge in [0, 0.05) is 32.6 Å². The van der Waals surface area contributed by atoms with Crippen molar-refractivity contribution in [3.8, 4) is 0 Å². The summed E-state index contributed by atoms with van der Waals surface area (Å²) in [6.07, 6.45) is 4.33. The van der Waals surface area contributed by atoms with E-state index in [1.807, 2.05) is 4.90 Å². The van der Waals surface area contributed by atoms with Crippen LogP contribution in [-0.4, -0.2) is 42.9 Å². The lowest BCUT2D eigenvalue weighted by atomic mass is 9.89. The molecule has 6 heteroatoms. The molecule has 1 fully saturated rings. The third-order valence-electron chi connectivity index (χ3n) is 3.91. The first-order valence-electron chi connectivity index (χ1n) is 8.09. The van der Waals surface area contributed by atoms with E-state index in [-0.39, 0.29) is 35.6 Å². The number of hydrogen-bond donors (Lipinski definition) is 2. The lowest BCUT2D eigenvalue weighted by molar-refractivity contribution is -0.135. The van der Waals surface area contributed by atoms with Crippen LogP contribution >= 0.6 is 12.4 Å². The summed E-state index contributed by atoms with van der Waals surface area (Å²) >= 11 is 0. The van der Waals surface area contributed by atoms with E-state index < -0.39 is 0 Å². The van der Waals surface area contributed by atoms with Gasteiger partial charge in [-0.3, -0.25) is 9.59 Å². The van der Waals surface area contributed by atoms with Gasteiger partial charge in [-0.2, -0.15) is 0 Å². The van der Waals surface area contributed by atoms with Crippen LogP contribution in [0.25, 0.3) is 0 Å². The summed E-state index contributed by atoms with van der Waals surface area (Å²) in [6, 6.07) is 0. The van der Waals surface area contributed by atoms with E-state index in [0.717, 1.165) is 32.2 Å². The number of halogens is 1. The van der Waals surface area contributed by atoms with Crippen LogP contribution in [0.4, 0.5) is 0 Å². The van der Waals surface area contributed by atoms with E-state index in [1.165, 1.54) is 0 Å². The average Bonchev–Trinajstić information content (AvgIpc) is 2.43. The van der Waals surface area contributed by atoms with E-state index in [1.54, 1.807) is 0 Å². The van der Waals surface area contributed by atoms with Crippen LogP contribution in [0.2, 0.25) is 0 Å². The van der Waals surface area contributed by atoms with Crippen LogP contribution in [0.5, 0.6) is 0 Å². The van der Waals surface area contributed by atoms with Crippen LogP contribution in [0, 0.1) is 11.3 Å². The van der Waals surface area contributed by atoms with Gasteiger partial charge in [0.2, 0.25) is 11.8 Å². The van der Waals surface area contributed by atoms with Crippen LogP contribution in [0.1, 0.15) is 52.9 Å². The maximum Gasteiger partial charge on any atom is 0.224 e. The van der Waals surface area contributed by atoms with Crippen molar-refractivity contribution >= 4 is 24.2 Å². The lowest BCUT2D eigenvalue weighted by Crippen LogP contribution is -2.46. The number of nitrogens with two attached hydrogens (primary N) is 1. The smallest absolute Gasteiger partial charge is 0.224 e. The Morgan fingerprint density at radius 3 is 2.59 bits per heavy atom. The standard InChI is InChI=1S/C16H31N3O2.ClH/c1-16(2,3)8-4-7-14(20)19-11-5-6-13(12-19)15(21)18-10-9-17;/h13H,4-12,17H2,1-3H3,(H,18,21);1H. The predicted molar refractivity (Wildman–Crippen MR) is 91.9 cm³/mol. The molecule has 0 aromatic heterocycles. The molecule has 1 atom stereocenters. The molecule has 2 amide bonds. The third-order valence-corrected chi connectivity index (χ3v) is 3.91. The molecular weight excluding hydrogens is 302 g/mol. The summed E-state index contributed by atoms with van der Waals surface area (Å²) in [6.45, 7) is 8.88. The molecular formula is C16H32ClN3O2. The molecule has 130 valence electrons. The van der Waals surface area contributed by atoms with Crippen molar-refractivity contribution in [1.29, 1.82) is 0 Å². The number of nitrogens with one attached hydrogen (secondary N) is 1. The van der Waals surface area contributed by atoms with E-state index in [9.17, 15) is 9.59 Å². The highest BCUT2D eigenvalue weighted by molar-refractivity contribution is 5.85. The zero-order valence-electron chi connectivity index (χ0n) is 14.2. The Balaban J connectivity index is 0.00000441. The molecule has 0 bridgehead atoms. The summed E-state index contributed by atoms with van der Waals surface area (Å²) in [5.74, 6) is 0.153. The Kier molecular flexibility index (Phi) is 9.69. The number of nitrogens with zero attached hydrogens (tertiary/aromatic N) is 1. The molecule has 1 heterocycles. The van der Waals surface area contributed by atoms with E-state index in [2.05, 4.69) is 26.1 Å². The highest BCUT2D eigenvalue weighted by atomic mass is 35.5. The Hall–Kier alpha value is -0.810. The molecule has 1 unspecified atom stereocenters. The third kappa shape index (κ3) is 7.99. The minimum atomic E-state index is -0.0723. The summed E-state index contributed by atoms with van der Waals surface area (Å²) in [5, 5.41) is 2.82. The maximum absolute atomic E-state index is 12.2. The molecule has 1 aliphatic heterocycles. The zero-order chi connectivity index (χ0) is 15.9. The van der Waals surface area contributed by atoms with E-state index in [0.29, 0.717) is 26.1 Å². The van der Waals surface area contributed by atoms with Crippen molar-refractivity contribution in [2.24, 2.45) is 17.1 Å². The quantitative estimate of drug-likeness (QED) is 0.780. The van der Waals surface area contributed by atoms with Crippen LogP contribution < -0.4 is 11.1 Å². The molecule has 1 rings (SSSR count). The highest BCUT2D eigenvalue weighted by Gasteiger charge is 2.28. The topological polar surface area (TPSA) is 75.4 Å². The Bertz CT molecular complexity index is 356. The molecule has 0 aromatic rings. The molecule has 0 saturated carbocycles. The number of carbonyl (C=O) groups is 2. The molecule has 0 aliphatic carbocycles. The molecule has 22 heavy (non-hydrogen) atoms. The summed E-state index contributed by atoms with van der Waals surface area (Å²) in [5.41, 5.74) is 5.66. The zero-order valence-corrected chi connectivity index (χ0v) is 15.0. The molecule has 1 aliphatic rings. The summed E-state index contributed by atoms with van der Waals surface area (Å²) in [4.78, 5) is 26.1. The van der Waals surface area contributed by atoms with Gasteiger partial charge in [0.05, 0.1) is 5.92 Å². The second-order valence-corrected chi connectivity index (χ2v) is 7.17. The van der Waals surface area contributed by atoms with Gasteiger partial charge in [0.15, 0.2) is 0 Å². The fraction of sp³-hybridized carbons (Fsp3) is 0.875. The van der Waals surface area contributed by atoms with E-state index in [4.69, 9.17) is 5.73 Å². The minimum absolute atomic E-state index is 0. The monoisotopic (exact) mass is 333 g/mol. The first-order chi connectivity index (χ1) is 9.83. The number of rotatable bonds is 6. The second kappa shape index (κ2) is 10.1. The van der Waals surface area contributed by atoms with Gasteiger partial charge in [0.25, 0.3) is 0 Å². The predicted octanol–water partition coefficient (Wildman–Crippen LogP) is 1.94. The average molecular weight is 334 g/mol. The summed E-state index contributed by atoms with van der Waals surface area (Å²) in [7, 11) is 0. The molecule has 0 aromatic carbocycles. The highest BCUT2D eigenvalue weighted by Crippen LogP contribution is 2.23. The van der Waals surface area contributed by atoms with Crippen LogP contribution in [0.3, 0.4) is 0 Å². The molecule has 1 saturated heterocycles. The minimum Gasteiger partial charge on any atom is -0.355 e. The van der Waals surface area contributed by atoms with Gasteiger partial charge in [-0.25, -0.2) is 0 Å². The fourth-order valence-electron chi connectivity index (χ4n) is 2.69. The Morgan fingerprint density at radius 1 is 1.32 bits per heavy atom. The largest absolute Gasteiger partial charge is 0.355 e. The van der Waals surface area contributed by atoms with Crippen molar-refractivity contribution in [2.45, 2.75) is 52.9 Å². The number of carbonyl (C=O) groups excluding carboxylic acids is 2. The first kappa shape index (κ1) is 21.2. The maximum atomic E-state index is 12.2. The van der Waals surface area contributed by atoms with Gasteiger partial charge >= 0.3 is 0 Å². The van der Waals surface area contributed by atoms with Gasteiger partial charge in [-0.15, -0.1) is 12.4 Å². The Labute approximate surface area is 140 Å². The number of piperidine rings is 1. The molecule has 5 nitrogen and oxygen atoms in total. The van der Waals surface area contributed by atoms with Gasteiger partial charge in [-0.05, 0) is 31.1 Å². The normalized spacial score (nSPS) is 18.5. The Morgan fingerprint density at radius 2 is 2.00 bits per heavy atom. The number of hydrogen-bond acceptors (Lipinski definition) is 3. The van der Waals surface area contributed by atoms with E-state index >= 15 is 0 Å². The second-order valence-electron chi connectivity index (χ2n) is 7.17. The van der Waals surface area contributed by atoms with Crippen LogP contribution in [0.15, 0.2) is 0 Å². The lowest BCUT2D eigenvalue weighted by Gasteiger charge is -2.32. The van der Waals surface area contributed by atoms with Crippen LogP contribution in [-0.2, 0) is 9.59 Å². The molecule has 0 radical (unpaired) electrons. The van der Waals surface area contributed by atoms with Gasteiger partial charge in [0.1, 0.15) is 0 Å². The molecule has 3 N–H and O–H groups in total. The first-order valence-corrected chi connectivity index (χ1v) is 8.09. The number of likely N-dealkylation sites (tertiary alicyclic amines) is 1. The van der Waals surface area contributed by atoms with Crippen molar-refractivity contribution in [3.63, 3.8) is 0 Å². The van der Waals surface area contributed by atoms with Crippen molar-refractivity contribution in [3.05, 3.63) is 0 Å². The van der Waals surface area contributed by atoms with Crippen molar-refractivity contribution in [1.82, 2.24) is 10.2 Å². The van der Waals surface area contributed by atoms with Gasteiger partial charge in [-0.1, -0.05) is 20.8 Å². The SMILES string of the molecule is CC(C)(C)CCCC(=O)N1CCCC(C(=O)NCCN)C1.Cl. The number of amides is 2. The van der Waals surface area contributed by atoms with Crippen molar-refractivity contribution in [2.75, 3.05) is 26.2 Å².